The van der Waals surface area contributed by atoms with Crippen LogP contribution in [0.4, 0.5) is 5.95 Å². The summed E-state index contributed by atoms with van der Waals surface area (Å²) in [7, 11) is 0. The number of nitrogens with one attached hydrogen (secondary N) is 1. The van der Waals surface area contributed by atoms with Gasteiger partial charge in [0.2, 0.25) is 11.8 Å². The van der Waals surface area contributed by atoms with Gasteiger partial charge in [-0.1, -0.05) is 20.8 Å². The molecular weight excluding hydrogens is 228 g/mol. The van der Waals surface area contributed by atoms with Crippen LogP contribution in [0.3, 0.4) is 0 Å². The van der Waals surface area contributed by atoms with Gasteiger partial charge in [0.05, 0.1) is 6.61 Å². The maximum absolute atomic E-state index is 5.99. The second-order valence-electron chi connectivity index (χ2n) is 4.84. The molecule has 1 unspecified atom stereocenters. The number of nitrogens with two attached hydrogens (primary N) is 1. The van der Waals surface area contributed by atoms with Gasteiger partial charge in [-0.05, 0) is 18.8 Å². The third-order valence-corrected chi connectivity index (χ3v) is 2.38. The van der Waals surface area contributed by atoms with E-state index < -0.39 is 0 Å². The van der Waals surface area contributed by atoms with Crippen LogP contribution >= 0.6 is 0 Å². The van der Waals surface area contributed by atoms with Crippen LogP contribution < -0.4 is 15.8 Å². The van der Waals surface area contributed by atoms with E-state index in [0.717, 1.165) is 12.8 Å². The molecule has 3 N–H and O–H groups in total. The summed E-state index contributed by atoms with van der Waals surface area (Å²) in [6.45, 7) is 7.73. The van der Waals surface area contributed by atoms with Crippen LogP contribution in [0.5, 0.6) is 5.88 Å². The van der Waals surface area contributed by atoms with E-state index in [1.807, 2.05) is 0 Å². The SMILES string of the molecule is CCCOc1ccnc(NCC(N)CC(C)C)n1. The first-order valence-electron chi connectivity index (χ1n) is 6.57. The number of rotatable bonds is 8. The molecule has 0 aromatic carbocycles. The zero-order valence-corrected chi connectivity index (χ0v) is 11.5. The first-order chi connectivity index (χ1) is 8.61. The zero-order chi connectivity index (χ0) is 13.4. The van der Waals surface area contributed by atoms with Crippen molar-refractivity contribution in [2.45, 2.75) is 39.7 Å². The average molecular weight is 252 g/mol. The molecule has 1 aromatic heterocycles. The minimum atomic E-state index is 0.119. The number of hydrogen-bond donors (Lipinski definition) is 2. The van der Waals surface area contributed by atoms with Gasteiger partial charge in [-0.2, -0.15) is 4.98 Å². The molecule has 0 radical (unpaired) electrons. The van der Waals surface area contributed by atoms with Gasteiger partial charge in [0.25, 0.3) is 0 Å². The van der Waals surface area contributed by atoms with Crippen LogP contribution in [0.1, 0.15) is 33.6 Å². The fourth-order valence-electron chi connectivity index (χ4n) is 1.63. The van der Waals surface area contributed by atoms with Crippen molar-refractivity contribution in [2.24, 2.45) is 11.7 Å². The van der Waals surface area contributed by atoms with Gasteiger partial charge in [-0.15, -0.1) is 0 Å². The van der Waals surface area contributed by atoms with Gasteiger partial charge in [0, 0.05) is 24.8 Å². The molecule has 0 aliphatic rings. The fraction of sp³-hybridized carbons (Fsp3) is 0.692. The molecule has 102 valence electrons. The van der Waals surface area contributed by atoms with Crippen molar-refractivity contribution < 1.29 is 4.74 Å². The zero-order valence-electron chi connectivity index (χ0n) is 11.5. The fourth-order valence-corrected chi connectivity index (χ4v) is 1.63. The number of aromatic nitrogens is 2. The van der Waals surface area contributed by atoms with E-state index in [0.29, 0.717) is 30.9 Å². The lowest BCUT2D eigenvalue weighted by Gasteiger charge is -2.14. The van der Waals surface area contributed by atoms with Gasteiger partial charge in [-0.3, -0.25) is 0 Å². The minimum absolute atomic E-state index is 0.119. The highest BCUT2D eigenvalue weighted by Crippen LogP contribution is 2.09. The quantitative estimate of drug-likeness (QED) is 0.740. The molecule has 5 nitrogen and oxygen atoms in total. The maximum atomic E-state index is 5.99. The largest absolute Gasteiger partial charge is 0.478 e. The summed E-state index contributed by atoms with van der Waals surface area (Å²) in [5.74, 6) is 1.77. The van der Waals surface area contributed by atoms with Crippen LogP contribution in [-0.2, 0) is 0 Å². The highest BCUT2D eigenvalue weighted by molar-refractivity contribution is 5.27. The summed E-state index contributed by atoms with van der Waals surface area (Å²) in [6.07, 6.45) is 3.64. The predicted octanol–water partition coefficient (Wildman–Crippen LogP) is 2.05. The van der Waals surface area contributed by atoms with Crippen LogP contribution in [0.25, 0.3) is 0 Å². The van der Waals surface area contributed by atoms with E-state index in [4.69, 9.17) is 10.5 Å². The van der Waals surface area contributed by atoms with E-state index in [9.17, 15) is 0 Å². The Bertz CT molecular complexity index is 344. The number of ether oxygens (including phenoxy) is 1. The van der Waals surface area contributed by atoms with E-state index in [-0.39, 0.29) is 6.04 Å². The third-order valence-electron chi connectivity index (χ3n) is 2.38. The molecular formula is C13H24N4O. The molecule has 1 aromatic rings. The first kappa shape index (κ1) is 14.7. The molecule has 1 atom stereocenters. The van der Waals surface area contributed by atoms with Crippen molar-refractivity contribution >= 4 is 5.95 Å². The standard InChI is InChI=1S/C13H24N4O/c1-4-7-18-12-5-6-15-13(17-12)16-9-11(14)8-10(2)3/h5-6,10-11H,4,7-9,14H2,1-3H3,(H,15,16,17). The molecule has 0 amide bonds. The second kappa shape index (κ2) is 7.87. The highest BCUT2D eigenvalue weighted by Gasteiger charge is 2.06. The summed E-state index contributed by atoms with van der Waals surface area (Å²) in [5.41, 5.74) is 5.99. The van der Waals surface area contributed by atoms with Gasteiger partial charge >= 0.3 is 0 Å². The summed E-state index contributed by atoms with van der Waals surface area (Å²) in [4.78, 5) is 8.40. The van der Waals surface area contributed by atoms with E-state index in [1.54, 1.807) is 12.3 Å². The lowest BCUT2D eigenvalue weighted by molar-refractivity contribution is 0.305. The second-order valence-corrected chi connectivity index (χ2v) is 4.84. The molecule has 18 heavy (non-hydrogen) atoms. The summed E-state index contributed by atoms with van der Waals surface area (Å²) >= 11 is 0. The Balaban J connectivity index is 2.41. The molecule has 0 spiro atoms. The number of hydrogen-bond acceptors (Lipinski definition) is 5. The van der Waals surface area contributed by atoms with Crippen molar-refractivity contribution in [3.8, 4) is 5.88 Å². The first-order valence-corrected chi connectivity index (χ1v) is 6.57. The Morgan fingerprint density at radius 2 is 2.22 bits per heavy atom. The predicted molar refractivity (Wildman–Crippen MR) is 73.7 cm³/mol. The van der Waals surface area contributed by atoms with Crippen molar-refractivity contribution in [2.75, 3.05) is 18.5 Å². The number of nitrogens with zero attached hydrogens (tertiary/aromatic N) is 2. The van der Waals surface area contributed by atoms with E-state index >= 15 is 0 Å². The summed E-state index contributed by atoms with van der Waals surface area (Å²) < 4.78 is 5.44. The van der Waals surface area contributed by atoms with E-state index in [2.05, 4.69) is 36.1 Å². The third kappa shape index (κ3) is 5.82. The van der Waals surface area contributed by atoms with Crippen molar-refractivity contribution in [1.29, 1.82) is 0 Å². The topological polar surface area (TPSA) is 73.1 Å². The van der Waals surface area contributed by atoms with E-state index in [1.165, 1.54) is 0 Å². The maximum Gasteiger partial charge on any atom is 0.225 e. The van der Waals surface area contributed by atoms with Crippen LogP contribution in [-0.4, -0.2) is 29.2 Å². The minimum Gasteiger partial charge on any atom is -0.478 e. The molecule has 0 saturated carbocycles. The van der Waals surface area contributed by atoms with Gasteiger partial charge in [0.1, 0.15) is 0 Å². The molecule has 5 heteroatoms. The molecule has 0 aliphatic carbocycles. The van der Waals surface area contributed by atoms with Gasteiger partial charge in [-0.25, -0.2) is 4.98 Å². The summed E-state index contributed by atoms with van der Waals surface area (Å²) in [5, 5.41) is 3.14. The Morgan fingerprint density at radius 1 is 1.44 bits per heavy atom. The lowest BCUT2D eigenvalue weighted by atomic mass is 10.0. The molecule has 1 heterocycles. The highest BCUT2D eigenvalue weighted by atomic mass is 16.5. The smallest absolute Gasteiger partial charge is 0.225 e. The normalized spacial score (nSPS) is 12.5. The average Bonchev–Trinajstić information content (AvgIpc) is 2.33. The summed E-state index contributed by atoms with van der Waals surface area (Å²) in [6, 6.07) is 1.88. The van der Waals surface area contributed by atoms with Gasteiger partial charge in [0.15, 0.2) is 0 Å². The molecule has 1 rings (SSSR count). The molecule has 0 fully saturated rings. The number of anilines is 1. The Kier molecular flexibility index (Phi) is 6.43. The van der Waals surface area contributed by atoms with Gasteiger partial charge < -0.3 is 15.8 Å². The van der Waals surface area contributed by atoms with Crippen molar-refractivity contribution in [3.63, 3.8) is 0 Å². The Labute approximate surface area is 109 Å². The monoisotopic (exact) mass is 252 g/mol. The lowest BCUT2D eigenvalue weighted by Crippen LogP contribution is -2.30. The van der Waals surface area contributed by atoms with Crippen molar-refractivity contribution in [1.82, 2.24) is 9.97 Å². The Hall–Kier alpha value is -1.36. The van der Waals surface area contributed by atoms with Crippen molar-refractivity contribution in [3.05, 3.63) is 12.3 Å². The Morgan fingerprint density at radius 3 is 2.89 bits per heavy atom. The van der Waals surface area contributed by atoms with Crippen LogP contribution in [0.2, 0.25) is 0 Å². The van der Waals surface area contributed by atoms with Crippen LogP contribution in [0, 0.1) is 5.92 Å². The molecule has 0 aliphatic heterocycles. The van der Waals surface area contributed by atoms with Crippen LogP contribution in [0.15, 0.2) is 12.3 Å². The molecule has 0 saturated heterocycles. The molecule has 0 bridgehead atoms.